The minimum Gasteiger partial charge on any atom is -0.353 e. The summed E-state index contributed by atoms with van der Waals surface area (Å²) in [5, 5.41) is 1.01. The highest BCUT2D eigenvalue weighted by Crippen LogP contribution is 2.28. The topological polar surface area (TPSA) is 45.2 Å². The number of benzene rings is 1. The van der Waals surface area contributed by atoms with E-state index in [4.69, 9.17) is 0 Å². The van der Waals surface area contributed by atoms with Gasteiger partial charge in [-0.15, -0.1) is 0 Å². The Labute approximate surface area is 154 Å². The highest BCUT2D eigenvalue weighted by Gasteiger charge is 2.32. The Hall–Kier alpha value is -2.74. The first kappa shape index (κ1) is 17.7. The van der Waals surface area contributed by atoms with Gasteiger partial charge in [-0.05, 0) is 29.8 Å². The fourth-order valence-corrected chi connectivity index (χ4v) is 3.35. The molecule has 0 aliphatic carbocycles. The van der Waals surface area contributed by atoms with E-state index in [-0.39, 0.29) is 0 Å². The molecule has 0 radical (unpaired) electrons. The average molecular weight is 373 g/mol. The van der Waals surface area contributed by atoms with Crippen LogP contribution in [0.4, 0.5) is 19.0 Å². The lowest BCUT2D eigenvalue weighted by Gasteiger charge is -2.35. The van der Waals surface area contributed by atoms with Crippen molar-refractivity contribution in [2.75, 3.05) is 31.1 Å². The molecule has 0 N–H and O–H groups in total. The summed E-state index contributed by atoms with van der Waals surface area (Å²) in [4.78, 5) is 16.5. The maximum Gasteiger partial charge on any atom is 0.433 e. The number of fused-ring (bicyclic) bond motifs is 1. The van der Waals surface area contributed by atoms with E-state index in [1.807, 2.05) is 24.3 Å². The number of alkyl halides is 3. The van der Waals surface area contributed by atoms with E-state index in [1.165, 1.54) is 6.20 Å². The molecule has 0 atom stereocenters. The van der Waals surface area contributed by atoms with Gasteiger partial charge in [0.2, 0.25) is 0 Å². The molecule has 140 valence electrons. The van der Waals surface area contributed by atoms with Crippen LogP contribution in [-0.2, 0) is 12.7 Å². The van der Waals surface area contributed by atoms with E-state index < -0.39 is 11.9 Å². The minimum absolute atomic E-state index is 0.476. The normalized spacial score (nSPS) is 16.0. The molecule has 0 unspecified atom stereocenters. The van der Waals surface area contributed by atoms with Crippen molar-refractivity contribution in [1.29, 1.82) is 0 Å². The fourth-order valence-electron chi connectivity index (χ4n) is 3.35. The van der Waals surface area contributed by atoms with Gasteiger partial charge in [0.1, 0.15) is 17.8 Å². The molecule has 2 aromatic heterocycles. The van der Waals surface area contributed by atoms with E-state index in [2.05, 4.69) is 24.8 Å². The Morgan fingerprint density at radius 2 is 1.70 bits per heavy atom. The molecule has 27 heavy (non-hydrogen) atoms. The van der Waals surface area contributed by atoms with Crippen molar-refractivity contribution in [2.45, 2.75) is 12.7 Å². The van der Waals surface area contributed by atoms with Gasteiger partial charge in [-0.3, -0.25) is 9.88 Å². The standard InChI is InChI=1S/C19H18F3N5/c20-19(21,22)17-11-14(5-6-23-17)12-26-7-9-27(10-8-26)18-15-3-1-2-4-16(15)24-13-25-18/h1-6,11,13H,7-10,12H2. The molecule has 1 aliphatic rings. The SMILES string of the molecule is FC(F)(F)c1cc(CN2CCN(c3ncnc4ccccc34)CC2)ccn1. The van der Waals surface area contributed by atoms with Crippen molar-refractivity contribution in [3.05, 3.63) is 60.2 Å². The van der Waals surface area contributed by atoms with Crippen LogP contribution in [0.25, 0.3) is 10.9 Å². The number of hydrogen-bond donors (Lipinski definition) is 0. The summed E-state index contributed by atoms with van der Waals surface area (Å²) in [7, 11) is 0. The number of halogens is 3. The van der Waals surface area contributed by atoms with Crippen LogP contribution in [0, 0.1) is 0 Å². The molecule has 3 aromatic rings. The van der Waals surface area contributed by atoms with Gasteiger partial charge in [0, 0.05) is 44.3 Å². The molecule has 0 amide bonds. The Balaban J connectivity index is 1.44. The number of aromatic nitrogens is 3. The third-order valence-electron chi connectivity index (χ3n) is 4.71. The summed E-state index contributed by atoms with van der Waals surface area (Å²) in [5.41, 5.74) is 0.686. The third-order valence-corrected chi connectivity index (χ3v) is 4.71. The van der Waals surface area contributed by atoms with E-state index in [1.54, 1.807) is 12.4 Å². The van der Waals surface area contributed by atoms with Gasteiger partial charge in [-0.1, -0.05) is 12.1 Å². The maximum absolute atomic E-state index is 12.8. The molecular formula is C19H18F3N5. The number of hydrogen-bond acceptors (Lipinski definition) is 5. The summed E-state index contributed by atoms with van der Waals surface area (Å²) in [6, 6.07) is 10.6. The van der Waals surface area contributed by atoms with Crippen molar-refractivity contribution in [3.8, 4) is 0 Å². The molecule has 5 nitrogen and oxygen atoms in total. The van der Waals surface area contributed by atoms with E-state index in [9.17, 15) is 13.2 Å². The zero-order chi connectivity index (χ0) is 18.9. The molecule has 0 bridgehead atoms. The lowest BCUT2D eigenvalue weighted by molar-refractivity contribution is -0.141. The van der Waals surface area contributed by atoms with Crippen LogP contribution in [0.5, 0.6) is 0 Å². The Bertz CT molecular complexity index is 931. The fraction of sp³-hybridized carbons (Fsp3) is 0.316. The first-order valence-electron chi connectivity index (χ1n) is 8.70. The second-order valence-corrected chi connectivity index (χ2v) is 6.52. The first-order valence-corrected chi connectivity index (χ1v) is 8.70. The Morgan fingerprint density at radius 1 is 0.926 bits per heavy atom. The molecule has 8 heteroatoms. The van der Waals surface area contributed by atoms with Gasteiger partial charge in [-0.2, -0.15) is 13.2 Å². The van der Waals surface area contributed by atoms with E-state index >= 15 is 0 Å². The third kappa shape index (κ3) is 3.85. The molecule has 1 fully saturated rings. The first-order chi connectivity index (χ1) is 13.0. The predicted octanol–water partition coefficient (Wildman–Crippen LogP) is 3.37. The van der Waals surface area contributed by atoms with Gasteiger partial charge < -0.3 is 4.90 Å². The number of anilines is 1. The minimum atomic E-state index is -4.41. The molecule has 0 saturated carbocycles. The number of pyridine rings is 1. The highest BCUT2D eigenvalue weighted by atomic mass is 19.4. The molecule has 4 rings (SSSR count). The average Bonchev–Trinajstić information content (AvgIpc) is 2.68. The smallest absolute Gasteiger partial charge is 0.353 e. The molecule has 1 aromatic carbocycles. The van der Waals surface area contributed by atoms with Crippen LogP contribution in [0.2, 0.25) is 0 Å². The molecule has 0 spiro atoms. The molecular weight excluding hydrogens is 355 g/mol. The summed E-state index contributed by atoms with van der Waals surface area (Å²) >= 11 is 0. The summed E-state index contributed by atoms with van der Waals surface area (Å²) < 4.78 is 38.5. The van der Waals surface area contributed by atoms with Crippen molar-refractivity contribution >= 4 is 16.7 Å². The molecule has 1 aliphatic heterocycles. The zero-order valence-corrected chi connectivity index (χ0v) is 14.5. The summed E-state index contributed by atoms with van der Waals surface area (Å²) in [6.45, 7) is 3.50. The number of piperazine rings is 1. The van der Waals surface area contributed by atoms with Gasteiger partial charge in [-0.25, -0.2) is 9.97 Å². The number of rotatable bonds is 3. The largest absolute Gasteiger partial charge is 0.433 e. The van der Waals surface area contributed by atoms with Gasteiger partial charge in [0.15, 0.2) is 0 Å². The lowest BCUT2D eigenvalue weighted by atomic mass is 10.2. The predicted molar refractivity (Wildman–Crippen MR) is 96.3 cm³/mol. The van der Waals surface area contributed by atoms with Crippen LogP contribution >= 0.6 is 0 Å². The van der Waals surface area contributed by atoms with Gasteiger partial charge in [0.25, 0.3) is 0 Å². The van der Waals surface area contributed by atoms with Crippen LogP contribution < -0.4 is 4.90 Å². The van der Waals surface area contributed by atoms with Crippen LogP contribution in [0.3, 0.4) is 0 Å². The zero-order valence-electron chi connectivity index (χ0n) is 14.5. The monoisotopic (exact) mass is 373 g/mol. The van der Waals surface area contributed by atoms with Crippen LogP contribution in [-0.4, -0.2) is 46.0 Å². The summed E-state index contributed by atoms with van der Waals surface area (Å²) in [6.07, 6.45) is -1.62. The maximum atomic E-state index is 12.8. The van der Waals surface area contributed by atoms with Crippen molar-refractivity contribution in [1.82, 2.24) is 19.9 Å². The second kappa shape index (κ2) is 7.11. The molecule has 1 saturated heterocycles. The van der Waals surface area contributed by atoms with Gasteiger partial charge >= 0.3 is 6.18 Å². The number of nitrogens with zero attached hydrogens (tertiary/aromatic N) is 5. The number of para-hydroxylation sites is 1. The Kier molecular flexibility index (Phi) is 4.65. The van der Waals surface area contributed by atoms with Gasteiger partial charge in [0.05, 0.1) is 5.52 Å². The van der Waals surface area contributed by atoms with Crippen LogP contribution in [0.1, 0.15) is 11.3 Å². The summed E-state index contributed by atoms with van der Waals surface area (Å²) in [5.74, 6) is 0.906. The van der Waals surface area contributed by atoms with E-state index in [0.29, 0.717) is 12.1 Å². The quantitative estimate of drug-likeness (QED) is 0.704. The van der Waals surface area contributed by atoms with Crippen molar-refractivity contribution in [2.24, 2.45) is 0 Å². The highest BCUT2D eigenvalue weighted by molar-refractivity contribution is 5.89. The lowest BCUT2D eigenvalue weighted by Crippen LogP contribution is -2.46. The Morgan fingerprint density at radius 3 is 2.48 bits per heavy atom. The van der Waals surface area contributed by atoms with Crippen molar-refractivity contribution in [3.63, 3.8) is 0 Å². The van der Waals surface area contributed by atoms with Crippen molar-refractivity contribution < 1.29 is 13.2 Å². The second-order valence-electron chi connectivity index (χ2n) is 6.52. The molecule has 3 heterocycles. The van der Waals surface area contributed by atoms with E-state index in [0.717, 1.165) is 49.0 Å². The van der Waals surface area contributed by atoms with Crippen LogP contribution in [0.15, 0.2) is 48.9 Å².